The number of amides is 2. The van der Waals surface area contributed by atoms with Crippen LogP contribution in [-0.2, 0) is 22.7 Å². The molecule has 172 valence electrons. The van der Waals surface area contributed by atoms with Gasteiger partial charge in [0.25, 0.3) is 0 Å². The zero-order valence-electron chi connectivity index (χ0n) is 18.9. The second-order valence-corrected chi connectivity index (χ2v) is 9.00. The number of benzene rings is 1. The van der Waals surface area contributed by atoms with Crippen LogP contribution in [0.5, 0.6) is 0 Å². The lowest BCUT2D eigenvalue weighted by molar-refractivity contribution is -0.140. The van der Waals surface area contributed by atoms with Crippen LogP contribution in [0, 0.1) is 23.7 Å². The Kier molecular flexibility index (Phi) is 5.98. The van der Waals surface area contributed by atoms with Crippen molar-refractivity contribution in [1.82, 2.24) is 25.1 Å². The Morgan fingerprint density at radius 1 is 1.06 bits per heavy atom. The van der Waals surface area contributed by atoms with Crippen LogP contribution in [0.2, 0.25) is 0 Å². The van der Waals surface area contributed by atoms with Crippen LogP contribution in [0.15, 0.2) is 60.1 Å². The fourth-order valence-electron chi connectivity index (χ4n) is 5.32. The maximum atomic E-state index is 12.8. The lowest BCUT2D eigenvalue weighted by Crippen LogP contribution is -2.43. The molecule has 1 aromatic carbocycles. The normalized spacial score (nSPS) is 25.7. The highest BCUT2D eigenvalue weighted by atomic mass is 16.2. The van der Waals surface area contributed by atoms with Crippen molar-refractivity contribution in [3.8, 4) is 0 Å². The first-order valence-electron chi connectivity index (χ1n) is 11.7. The highest BCUT2D eigenvalue weighted by Crippen LogP contribution is 2.52. The van der Waals surface area contributed by atoms with Crippen LogP contribution in [-0.4, -0.2) is 51.9 Å². The van der Waals surface area contributed by atoms with Gasteiger partial charge in [0.1, 0.15) is 0 Å². The van der Waals surface area contributed by atoms with Gasteiger partial charge in [-0.05, 0) is 36.3 Å². The first-order chi connectivity index (χ1) is 16.1. The maximum Gasteiger partial charge on any atom is 0.233 e. The zero-order chi connectivity index (χ0) is 22.8. The average Bonchev–Trinajstić information content (AvgIpc) is 3.61. The van der Waals surface area contributed by atoms with Crippen molar-refractivity contribution in [3.63, 3.8) is 0 Å². The molecule has 2 N–H and O–H groups in total. The second kappa shape index (κ2) is 9.21. The predicted molar refractivity (Wildman–Crippen MR) is 125 cm³/mol. The lowest BCUT2D eigenvalue weighted by Gasteiger charge is -2.18. The first kappa shape index (κ1) is 21.4. The molecule has 3 aliphatic rings. The van der Waals surface area contributed by atoms with Gasteiger partial charge < -0.3 is 15.2 Å². The van der Waals surface area contributed by atoms with Crippen molar-refractivity contribution < 1.29 is 9.59 Å². The molecule has 0 radical (unpaired) electrons. The molecule has 4 unspecified atom stereocenters. The Bertz CT molecular complexity index is 1030. The molecule has 8 heteroatoms. The van der Waals surface area contributed by atoms with Crippen LogP contribution in [0.4, 0.5) is 0 Å². The quantitative estimate of drug-likeness (QED) is 0.279. The van der Waals surface area contributed by atoms with Gasteiger partial charge in [0.15, 0.2) is 5.96 Å². The lowest BCUT2D eigenvalue weighted by atomic mass is 9.85. The molecule has 2 amide bonds. The number of likely N-dealkylation sites (tertiary alicyclic amines) is 1. The molecule has 4 atom stereocenters. The van der Waals surface area contributed by atoms with Gasteiger partial charge in [-0.3, -0.25) is 14.5 Å². The molecule has 2 aliphatic carbocycles. The van der Waals surface area contributed by atoms with Crippen LogP contribution in [0.3, 0.4) is 0 Å². The molecule has 1 aliphatic heterocycles. The van der Waals surface area contributed by atoms with Gasteiger partial charge in [0.05, 0.1) is 24.7 Å². The van der Waals surface area contributed by atoms with Crippen molar-refractivity contribution in [1.29, 1.82) is 0 Å². The SMILES string of the molecule is CCNC(=NCc1ccc(Cn2ccnc2)cc1)NCCN1C(=O)C2C3C=CC(C3)C2C1=O. The van der Waals surface area contributed by atoms with E-state index in [2.05, 4.69) is 57.0 Å². The number of allylic oxidation sites excluding steroid dienone is 2. The third kappa shape index (κ3) is 4.29. The van der Waals surface area contributed by atoms with Gasteiger partial charge in [-0.1, -0.05) is 36.4 Å². The summed E-state index contributed by atoms with van der Waals surface area (Å²) in [6, 6.07) is 8.38. The average molecular weight is 447 g/mol. The number of carbonyl (C=O) groups is 2. The summed E-state index contributed by atoms with van der Waals surface area (Å²) in [6.07, 6.45) is 10.7. The molecule has 2 heterocycles. The summed E-state index contributed by atoms with van der Waals surface area (Å²) >= 11 is 0. The second-order valence-electron chi connectivity index (χ2n) is 9.00. The summed E-state index contributed by atoms with van der Waals surface area (Å²) in [7, 11) is 0. The number of hydrogen-bond acceptors (Lipinski definition) is 4. The van der Waals surface area contributed by atoms with Gasteiger partial charge in [-0.25, -0.2) is 9.98 Å². The molecular formula is C25H30N6O2. The van der Waals surface area contributed by atoms with E-state index in [0.29, 0.717) is 25.6 Å². The molecule has 0 spiro atoms. The van der Waals surface area contributed by atoms with Gasteiger partial charge >= 0.3 is 0 Å². The molecule has 2 fully saturated rings. The molecular weight excluding hydrogens is 416 g/mol. The van der Waals surface area contributed by atoms with E-state index < -0.39 is 0 Å². The standard InChI is InChI=1S/C25H30N6O2/c1-2-27-25(29-14-17-3-5-18(6-4-17)15-30-11-9-26-16-30)28-10-12-31-23(32)21-19-7-8-20(13-19)22(21)24(31)33/h3-9,11,16,19-22H,2,10,12-15H2,1H3,(H2,27,28,29). The molecule has 8 nitrogen and oxygen atoms in total. The van der Waals surface area contributed by atoms with Crippen molar-refractivity contribution >= 4 is 17.8 Å². The molecule has 1 saturated heterocycles. The van der Waals surface area contributed by atoms with E-state index in [0.717, 1.165) is 25.1 Å². The Morgan fingerprint density at radius 3 is 2.39 bits per heavy atom. The summed E-state index contributed by atoms with van der Waals surface area (Å²) in [4.78, 5) is 35.8. The van der Waals surface area contributed by atoms with E-state index in [9.17, 15) is 9.59 Å². The van der Waals surface area contributed by atoms with Crippen LogP contribution in [0.1, 0.15) is 24.5 Å². The highest BCUT2D eigenvalue weighted by molar-refractivity contribution is 6.06. The topological polar surface area (TPSA) is 91.6 Å². The number of fused-ring (bicyclic) bond motifs is 5. The molecule has 2 aromatic rings. The van der Waals surface area contributed by atoms with E-state index in [1.165, 1.54) is 10.5 Å². The monoisotopic (exact) mass is 446 g/mol. The van der Waals surface area contributed by atoms with Crippen molar-refractivity contribution in [3.05, 3.63) is 66.3 Å². The Morgan fingerprint density at radius 2 is 1.76 bits per heavy atom. The van der Waals surface area contributed by atoms with Crippen LogP contribution in [0.25, 0.3) is 0 Å². The summed E-state index contributed by atoms with van der Waals surface area (Å²) in [6.45, 7) is 4.94. The van der Waals surface area contributed by atoms with Crippen molar-refractivity contribution in [2.75, 3.05) is 19.6 Å². The number of imide groups is 1. The molecule has 2 bridgehead atoms. The van der Waals surface area contributed by atoms with E-state index >= 15 is 0 Å². The Hall–Kier alpha value is -3.42. The number of nitrogens with zero attached hydrogens (tertiary/aromatic N) is 4. The maximum absolute atomic E-state index is 12.8. The minimum Gasteiger partial charge on any atom is -0.357 e. The van der Waals surface area contributed by atoms with E-state index in [1.807, 2.05) is 24.0 Å². The van der Waals surface area contributed by atoms with Crippen molar-refractivity contribution in [2.45, 2.75) is 26.4 Å². The number of imidazole rings is 1. The largest absolute Gasteiger partial charge is 0.357 e. The first-order valence-corrected chi connectivity index (χ1v) is 11.7. The van der Waals surface area contributed by atoms with Gasteiger partial charge in [0, 0.05) is 38.6 Å². The third-order valence-electron chi connectivity index (χ3n) is 6.90. The van der Waals surface area contributed by atoms with Gasteiger partial charge in [-0.15, -0.1) is 0 Å². The number of guanidine groups is 1. The predicted octanol–water partition coefficient (Wildman–Crippen LogP) is 1.79. The number of aromatic nitrogens is 2. The number of carbonyl (C=O) groups excluding carboxylic acids is 2. The summed E-state index contributed by atoms with van der Waals surface area (Å²) in [5, 5.41) is 6.51. The number of rotatable bonds is 8. The van der Waals surface area contributed by atoms with Crippen LogP contribution < -0.4 is 10.6 Å². The molecule has 1 saturated carbocycles. The summed E-state index contributed by atoms with van der Waals surface area (Å²) in [5.74, 6) is 0.917. The number of hydrogen-bond donors (Lipinski definition) is 2. The van der Waals surface area contributed by atoms with Crippen molar-refractivity contribution in [2.24, 2.45) is 28.7 Å². The van der Waals surface area contributed by atoms with Gasteiger partial charge in [0.2, 0.25) is 11.8 Å². The smallest absolute Gasteiger partial charge is 0.233 e. The van der Waals surface area contributed by atoms with E-state index in [1.54, 1.807) is 6.20 Å². The minimum atomic E-state index is -0.133. The van der Waals surface area contributed by atoms with Crippen LogP contribution >= 0.6 is 0 Å². The molecule has 5 rings (SSSR count). The summed E-state index contributed by atoms with van der Waals surface area (Å²) in [5.41, 5.74) is 2.32. The van der Waals surface area contributed by atoms with E-state index in [-0.39, 0.29) is 35.5 Å². The number of nitrogens with one attached hydrogen (secondary N) is 2. The highest BCUT2D eigenvalue weighted by Gasteiger charge is 2.58. The third-order valence-corrected chi connectivity index (χ3v) is 6.90. The van der Waals surface area contributed by atoms with E-state index in [4.69, 9.17) is 0 Å². The summed E-state index contributed by atoms with van der Waals surface area (Å²) < 4.78 is 2.03. The zero-order valence-corrected chi connectivity index (χ0v) is 18.9. The molecule has 33 heavy (non-hydrogen) atoms. The number of aliphatic imine (C=N–C) groups is 1. The Balaban J connectivity index is 1.14. The Labute approximate surface area is 193 Å². The fraction of sp³-hybridized carbons (Fsp3) is 0.440. The molecule has 1 aromatic heterocycles. The fourth-order valence-corrected chi connectivity index (χ4v) is 5.32. The van der Waals surface area contributed by atoms with Gasteiger partial charge in [-0.2, -0.15) is 0 Å². The minimum absolute atomic E-state index is 0.00127.